The number of nitrogens with zero attached hydrogens (tertiary/aromatic N) is 5. The summed E-state index contributed by atoms with van der Waals surface area (Å²) in [5.74, 6) is -0.967. The van der Waals surface area contributed by atoms with Crippen molar-refractivity contribution < 1.29 is 9.59 Å². The summed E-state index contributed by atoms with van der Waals surface area (Å²) in [7, 11) is 1.59. The highest BCUT2D eigenvalue weighted by Crippen LogP contribution is 2.19. The molecule has 1 aromatic carbocycles. The summed E-state index contributed by atoms with van der Waals surface area (Å²) in [6.45, 7) is 0. The number of carbonyl (C=O) groups is 2. The van der Waals surface area contributed by atoms with Crippen LogP contribution < -0.4 is 5.73 Å². The number of amides is 1. The minimum Gasteiger partial charge on any atom is -0.365 e. The van der Waals surface area contributed by atoms with Crippen LogP contribution in [0, 0.1) is 0 Å². The summed E-state index contributed by atoms with van der Waals surface area (Å²) >= 11 is 0. The summed E-state index contributed by atoms with van der Waals surface area (Å²) < 4.78 is 3.15. The van der Waals surface area contributed by atoms with E-state index in [-0.39, 0.29) is 23.5 Å². The molecule has 0 aliphatic rings. The molecule has 0 saturated heterocycles. The molecule has 0 unspecified atom stereocenters. The van der Waals surface area contributed by atoms with Crippen LogP contribution in [0.25, 0.3) is 16.9 Å². The molecule has 0 bridgehead atoms. The van der Waals surface area contributed by atoms with Crippen LogP contribution in [0.1, 0.15) is 26.5 Å². The van der Waals surface area contributed by atoms with E-state index in [0.717, 1.165) is 11.3 Å². The molecule has 0 saturated carbocycles. The maximum atomic E-state index is 12.6. The van der Waals surface area contributed by atoms with Gasteiger partial charge in [0.25, 0.3) is 5.91 Å². The van der Waals surface area contributed by atoms with E-state index in [1.807, 2.05) is 36.5 Å². The van der Waals surface area contributed by atoms with Crippen LogP contribution in [0.5, 0.6) is 0 Å². The summed E-state index contributed by atoms with van der Waals surface area (Å²) in [5, 5.41) is 3.95. The molecular weight excluding hydrogens is 344 g/mol. The van der Waals surface area contributed by atoms with Gasteiger partial charge >= 0.3 is 0 Å². The van der Waals surface area contributed by atoms with Gasteiger partial charge in [-0.15, -0.1) is 0 Å². The van der Waals surface area contributed by atoms with Gasteiger partial charge < -0.3 is 5.73 Å². The smallest absolute Gasteiger partial charge is 0.252 e. The van der Waals surface area contributed by atoms with E-state index < -0.39 is 5.91 Å². The van der Waals surface area contributed by atoms with Crippen molar-refractivity contribution in [3.63, 3.8) is 0 Å². The number of hydrogen-bond donors (Lipinski definition) is 1. The second-order valence-corrected chi connectivity index (χ2v) is 6.13. The van der Waals surface area contributed by atoms with Crippen LogP contribution in [0.2, 0.25) is 0 Å². The van der Waals surface area contributed by atoms with Gasteiger partial charge in [-0.2, -0.15) is 5.10 Å². The Morgan fingerprint density at radius 3 is 2.70 bits per heavy atom. The summed E-state index contributed by atoms with van der Waals surface area (Å²) in [4.78, 5) is 33.1. The SMILES string of the molecule is Cn1ncc(C(N)=O)c1C(=O)Cc1cc2nc(-c3ccccc3)cn2cn1. The highest BCUT2D eigenvalue weighted by atomic mass is 16.1. The molecule has 0 aliphatic heterocycles. The van der Waals surface area contributed by atoms with E-state index in [1.165, 1.54) is 10.9 Å². The van der Waals surface area contributed by atoms with Gasteiger partial charge in [0.1, 0.15) is 17.7 Å². The zero-order valence-corrected chi connectivity index (χ0v) is 14.5. The lowest BCUT2D eigenvalue weighted by Gasteiger charge is -2.04. The molecule has 8 nitrogen and oxygen atoms in total. The first-order valence-corrected chi connectivity index (χ1v) is 8.27. The van der Waals surface area contributed by atoms with E-state index in [4.69, 9.17) is 5.73 Å². The van der Waals surface area contributed by atoms with Gasteiger partial charge in [0.05, 0.1) is 29.6 Å². The van der Waals surface area contributed by atoms with Gasteiger partial charge in [0.15, 0.2) is 5.78 Å². The third kappa shape index (κ3) is 3.08. The quantitative estimate of drug-likeness (QED) is 0.545. The molecule has 0 spiro atoms. The van der Waals surface area contributed by atoms with Crippen molar-refractivity contribution in [2.45, 2.75) is 6.42 Å². The monoisotopic (exact) mass is 360 g/mol. The number of rotatable bonds is 5. The number of aromatic nitrogens is 5. The van der Waals surface area contributed by atoms with Crippen molar-refractivity contribution in [3.8, 4) is 11.3 Å². The molecule has 0 atom stereocenters. The average Bonchev–Trinajstić information content (AvgIpc) is 3.25. The number of primary amides is 1. The zero-order valence-electron chi connectivity index (χ0n) is 14.5. The molecule has 3 aromatic heterocycles. The van der Waals surface area contributed by atoms with Crippen LogP contribution in [0.15, 0.2) is 55.1 Å². The fourth-order valence-electron chi connectivity index (χ4n) is 2.97. The first-order valence-electron chi connectivity index (χ1n) is 8.27. The Balaban J connectivity index is 1.64. The fourth-order valence-corrected chi connectivity index (χ4v) is 2.97. The van der Waals surface area contributed by atoms with Gasteiger partial charge in [-0.3, -0.25) is 18.7 Å². The molecule has 8 heteroatoms. The Kier molecular flexibility index (Phi) is 4.00. The minimum atomic E-state index is -0.685. The highest BCUT2D eigenvalue weighted by molar-refractivity contribution is 6.06. The van der Waals surface area contributed by atoms with E-state index in [1.54, 1.807) is 23.8 Å². The molecule has 3 heterocycles. The number of aryl methyl sites for hydroxylation is 1. The molecule has 0 fully saturated rings. The van der Waals surface area contributed by atoms with Crippen molar-refractivity contribution in [3.05, 3.63) is 72.1 Å². The first kappa shape index (κ1) is 16.6. The largest absolute Gasteiger partial charge is 0.365 e. The van der Waals surface area contributed by atoms with Crippen molar-refractivity contribution in [2.24, 2.45) is 12.8 Å². The summed E-state index contributed by atoms with van der Waals surface area (Å²) in [6.07, 6.45) is 4.82. The van der Waals surface area contributed by atoms with E-state index in [9.17, 15) is 9.59 Å². The maximum Gasteiger partial charge on any atom is 0.252 e. The molecule has 1 amide bonds. The second-order valence-electron chi connectivity index (χ2n) is 6.13. The first-order chi connectivity index (χ1) is 13.0. The van der Waals surface area contributed by atoms with Gasteiger partial charge in [0.2, 0.25) is 0 Å². The van der Waals surface area contributed by atoms with Crippen LogP contribution in [0.3, 0.4) is 0 Å². The molecule has 134 valence electrons. The Morgan fingerprint density at radius 1 is 1.19 bits per heavy atom. The fraction of sp³-hybridized carbons (Fsp3) is 0.105. The number of nitrogens with two attached hydrogens (primary N) is 1. The topological polar surface area (TPSA) is 108 Å². The van der Waals surface area contributed by atoms with Crippen molar-refractivity contribution in [1.29, 1.82) is 0 Å². The third-order valence-corrected chi connectivity index (χ3v) is 4.28. The number of ketones is 1. The van der Waals surface area contributed by atoms with Gasteiger partial charge in [-0.25, -0.2) is 9.97 Å². The standard InChI is InChI=1S/C19H16N6O2/c1-24-18(14(9-22-24)19(20)27)16(26)7-13-8-17-23-15(10-25(17)11-21-13)12-5-3-2-4-6-12/h2-6,8-11H,7H2,1H3,(H2,20,27). The normalized spacial score (nSPS) is 11.0. The number of carbonyl (C=O) groups excluding carboxylic acids is 2. The zero-order chi connectivity index (χ0) is 19.0. The molecule has 0 aliphatic carbocycles. The average molecular weight is 360 g/mol. The van der Waals surface area contributed by atoms with Crippen LogP contribution in [-0.2, 0) is 13.5 Å². The second kappa shape index (κ2) is 6.49. The molecular formula is C19H16N6O2. The van der Waals surface area contributed by atoms with Crippen molar-refractivity contribution in [1.82, 2.24) is 24.1 Å². The minimum absolute atomic E-state index is 0.0177. The number of benzene rings is 1. The van der Waals surface area contributed by atoms with Crippen molar-refractivity contribution in [2.75, 3.05) is 0 Å². The Morgan fingerprint density at radius 2 is 1.96 bits per heavy atom. The van der Waals surface area contributed by atoms with E-state index >= 15 is 0 Å². The lowest BCUT2D eigenvalue weighted by atomic mass is 10.1. The number of imidazole rings is 1. The van der Waals surface area contributed by atoms with Gasteiger partial charge in [-0.05, 0) is 0 Å². The van der Waals surface area contributed by atoms with E-state index in [2.05, 4.69) is 15.1 Å². The Hall–Kier alpha value is -3.81. The van der Waals surface area contributed by atoms with Crippen LogP contribution in [0.4, 0.5) is 0 Å². The Bertz CT molecular complexity index is 1160. The van der Waals surface area contributed by atoms with Crippen LogP contribution in [-0.4, -0.2) is 35.8 Å². The predicted molar refractivity (Wildman–Crippen MR) is 98.2 cm³/mol. The van der Waals surface area contributed by atoms with Crippen molar-refractivity contribution >= 4 is 17.3 Å². The lowest BCUT2D eigenvalue weighted by Crippen LogP contribution is -2.18. The number of hydrogen-bond acceptors (Lipinski definition) is 5. The Labute approximate surface area is 154 Å². The molecule has 4 rings (SSSR count). The molecule has 2 N–H and O–H groups in total. The predicted octanol–water partition coefficient (Wildman–Crippen LogP) is 1.65. The summed E-state index contributed by atoms with van der Waals surface area (Å²) in [5.41, 5.74) is 8.66. The highest BCUT2D eigenvalue weighted by Gasteiger charge is 2.21. The maximum absolute atomic E-state index is 12.6. The summed E-state index contributed by atoms with van der Waals surface area (Å²) in [6, 6.07) is 11.6. The van der Waals surface area contributed by atoms with Gasteiger partial charge in [0, 0.05) is 24.9 Å². The van der Waals surface area contributed by atoms with Gasteiger partial charge in [-0.1, -0.05) is 30.3 Å². The van der Waals surface area contributed by atoms with E-state index in [0.29, 0.717) is 11.3 Å². The molecule has 4 aromatic rings. The third-order valence-electron chi connectivity index (χ3n) is 4.28. The molecule has 0 radical (unpaired) electrons. The van der Waals surface area contributed by atoms with Crippen LogP contribution >= 0.6 is 0 Å². The lowest BCUT2D eigenvalue weighted by molar-refractivity contribution is 0.0957. The number of Topliss-reactive ketones (excluding diaryl/α,β-unsaturated/α-hetero) is 1. The number of fused-ring (bicyclic) bond motifs is 1. The molecule has 27 heavy (non-hydrogen) atoms.